The molecule has 0 radical (unpaired) electrons. The standard InChI is InChI=1S/C23H31NO/c1-3-19-12-14-21(15-13-19)23(25,4-2)22(18-24-16-8-9-17-24)20-10-6-5-7-11-20/h5-7,10-15,22,25H,3-4,8-9,16-18H2,1-2H3/t22-,23+/m0/s1. The highest BCUT2D eigenvalue weighted by atomic mass is 16.3. The largest absolute Gasteiger partial charge is 0.384 e. The van der Waals surface area contributed by atoms with Gasteiger partial charge in [0.2, 0.25) is 0 Å². The molecule has 0 aromatic heterocycles. The maximum Gasteiger partial charge on any atom is 0.0974 e. The fourth-order valence-corrected chi connectivity index (χ4v) is 4.12. The molecule has 25 heavy (non-hydrogen) atoms. The van der Waals surface area contributed by atoms with Crippen molar-refractivity contribution < 1.29 is 5.11 Å². The van der Waals surface area contributed by atoms with Gasteiger partial charge in [-0.15, -0.1) is 0 Å². The Labute approximate surface area is 152 Å². The van der Waals surface area contributed by atoms with Crippen LogP contribution in [0.2, 0.25) is 0 Å². The van der Waals surface area contributed by atoms with Gasteiger partial charge in [-0.2, -0.15) is 0 Å². The van der Waals surface area contributed by atoms with E-state index >= 15 is 0 Å². The number of hydrogen-bond donors (Lipinski definition) is 1. The van der Waals surface area contributed by atoms with Gasteiger partial charge in [0.1, 0.15) is 0 Å². The van der Waals surface area contributed by atoms with E-state index in [9.17, 15) is 5.11 Å². The summed E-state index contributed by atoms with van der Waals surface area (Å²) >= 11 is 0. The van der Waals surface area contributed by atoms with Gasteiger partial charge in [0.25, 0.3) is 0 Å². The third kappa shape index (κ3) is 3.96. The van der Waals surface area contributed by atoms with Gasteiger partial charge in [0.15, 0.2) is 0 Å². The second-order valence-electron chi connectivity index (χ2n) is 7.30. The lowest BCUT2D eigenvalue weighted by atomic mass is 9.75. The van der Waals surface area contributed by atoms with Crippen LogP contribution in [0.25, 0.3) is 0 Å². The molecular formula is C23H31NO. The fourth-order valence-electron chi connectivity index (χ4n) is 4.12. The molecule has 1 aliphatic heterocycles. The Morgan fingerprint density at radius 3 is 2.16 bits per heavy atom. The van der Waals surface area contributed by atoms with Crippen molar-refractivity contribution in [3.05, 3.63) is 71.3 Å². The zero-order chi connectivity index (χ0) is 17.7. The molecule has 1 N–H and O–H groups in total. The van der Waals surface area contributed by atoms with Crippen molar-refractivity contribution >= 4 is 0 Å². The molecule has 0 bridgehead atoms. The summed E-state index contributed by atoms with van der Waals surface area (Å²) in [6.45, 7) is 7.49. The number of aliphatic hydroxyl groups is 1. The molecule has 1 aliphatic rings. The van der Waals surface area contributed by atoms with Gasteiger partial charge in [0.05, 0.1) is 5.60 Å². The Bertz CT molecular complexity index is 646. The minimum atomic E-state index is -0.837. The molecular weight excluding hydrogens is 306 g/mol. The van der Waals surface area contributed by atoms with Crippen LogP contribution in [0.3, 0.4) is 0 Å². The van der Waals surface area contributed by atoms with Crippen LogP contribution >= 0.6 is 0 Å². The third-order valence-corrected chi connectivity index (χ3v) is 5.82. The minimum absolute atomic E-state index is 0.0873. The molecule has 0 unspecified atom stereocenters. The first-order valence-electron chi connectivity index (χ1n) is 9.76. The summed E-state index contributed by atoms with van der Waals surface area (Å²) in [5.41, 5.74) is 2.76. The van der Waals surface area contributed by atoms with Gasteiger partial charge in [-0.3, -0.25) is 0 Å². The molecule has 134 valence electrons. The Morgan fingerprint density at radius 2 is 1.60 bits per heavy atom. The average molecular weight is 338 g/mol. The Morgan fingerprint density at radius 1 is 0.960 bits per heavy atom. The van der Waals surface area contributed by atoms with Crippen LogP contribution in [-0.2, 0) is 12.0 Å². The molecule has 1 fully saturated rings. The number of hydrogen-bond acceptors (Lipinski definition) is 2. The first-order chi connectivity index (χ1) is 12.2. The Balaban J connectivity index is 1.97. The van der Waals surface area contributed by atoms with Crippen molar-refractivity contribution in [2.24, 2.45) is 0 Å². The van der Waals surface area contributed by atoms with Gasteiger partial charge < -0.3 is 10.0 Å². The van der Waals surface area contributed by atoms with Crippen molar-refractivity contribution in [3.8, 4) is 0 Å². The summed E-state index contributed by atoms with van der Waals surface area (Å²) < 4.78 is 0. The summed E-state index contributed by atoms with van der Waals surface area (Å²) in [6.07, 6.45) is 4.29. The van der Waals surface area contributed by atoms with Gasteiger partial charge in [-0.1, -0.05) is 68.4 Å². The molecule has 0 amide bonds. The monoisotopic (exact) mass is 337 g/mol. The van der Waals surface area contributed by atoms with Gasteiger partial charge in [0, 0.05) is 12.5 Å². The summed E-state index contributed by atoms with van der Waals surface area (Å²) in [5.74, 6) is 0.0873. The van der Waals surface area contributed by atoms with Crippen molar-refractivity contribution in [1.29, 1.82) is 0 Å². The highest BCUT2D eigenvalue weighted by molar-refractivity contribution is 5.33. The van der Waals surface area contributed by atoms with E-state index in [0.717, 1.165) is 31.6 Å². The molecule has 2 aromatic carbocycles. The fraction of sp³-hybridized carbons (Fsp3) is 0.478. The van der Waals surface area contributed by atoms with Crippen molar-refractivity contribution in [3.63, 3.8) is 0 Å². The topological polar surface area (TPSA) is 23.5 Å². The number of nitrogens with zero attached hydrogens (tertiary/aromatic N) is 1. The van der Waals surface area contributed by atoms with Crippen LogP contribution in [0.1, 0.15) is 55.7 Å². The van der Waals surface area contributed by atoms with Crippen molar-refractivity contribution in [2.45, 2.75) is 51.0 Å². The highest BCUT2D eigenvalue weighted by Gasteiger charge is 2.39. The second kappa shape index (κ2) is 8.16. The molecule has 0 aliphatic carbocycles. The molecule has 0 saturated carbocycles. The lowest BCUT2D eigenvalue weighted by Crippen LogP contribution is -2.40. The van der Waals surface area contributed by atoms with Crippen LogP contribution in [0, 0.1) is 0 Å². The Kier molecular flexibility index (Phi) is 5.93. The molecule has 2 heteroatoms. The van der Waals surface area contributed by atoms with E-state index in [4.69, 9.17) is 0 Å². The minimum Gasteiger partial charge on any atom is -0.384 e. The zero-order valence-electron chi connectivity index (χ0n) is 15.6. The second-order valence-corrected chi connectivity index (χ2v) is 7.30. The van der Waals surface area contributed by atoms with E-state index in [1.54, 1.807) is 0 Å². The van der Waals surface area contributed by atoms with Gasteiger partial charge in [-0.05, 0) is 55.5 Å². The quantitative estimate of drug-likeness (QED) is 0.790. The number of likely N-dealkylation sites (tertiary alicyclic amines) is 1. The summed E-state index contributed by atoms with van der Waals surface area (Å²) in [6, 6.07) is 19.1. The first-order valence-corrected chi connectivity index (χ1v) is 9.76. The summed E-state index contributed by atoms with van der Waals surface area (Å²) in [5, 5.41) is 11.8. The number of rotatable bonds is 7. The number of benzene rings is 2. The van der Waals surface area contributed by atoms with E-state index in [-0.39, 0.29) is 5.92 Å². The lowest BCUT2D eigenvalue weighted by Gasteiger charge is -2.38. The van der Waals surface area contributed by atoms with Crippen LogP contribution in [-0.4, -0.2) is 29.6 Å². The molecule has 2 nitrogen and oxygen atoms in total. The van der Waals surface area contributed by atoms with E-state index in [0.29, 0.717) is 6.42 Å². The first kappa shape index (κ1) is 18.2. The van der Waals surface area contributed by atoms with Crippen molar-refractivity contribution in [1.82, 2.24) is 4.90 Å². The maximum absolute atomic E-state index is 11.8. The smallest absolute Gasteiger partial charge is 0.0974 e. The molecule has 3 rings (SSSR count). The Hall–Kier alpha value is -1.64. The summed E-state index contributed by atoms with van der Waals surface area (Å²) in [4.78, 5) is 2.51. The summed E-state index contributed by atoms with van der Waals surface area (Å²) in [7, 11) is 0. The molecule has 1 saturated heterocycles. The zero-order valence-corrected chi connectivity index (χ0v) is 15.6. The SMILES string of the molecule is CCc1ccc([C@](O)(CC)[C@@H](CN2CCCC2)c2ccccc2)cc1. The molecule has 2 aromatic rings. The van der Waals surface area contributed by atoms with Crippen LogP contribution in [0.5, 0.6) is 0 Å². The predicted octanol–water partition coefficient (Wildman–Crippen LogP) is 4.73. The van der Waals surface area contributed by atoms with Crippen LogP contribution in [0.4, 0.5) is 0 Å². The van der Waals surface area contributed by atoms with Crippen molar-refractivity contribution in [2.75, 3.05) is 19.6 Å². The van der Waals surface area contributed by atoms with E-state index in [2.05, 4.69) is 73.3 Å². The lowest BCUT2D eigenvalue weighted by molar-refractivity contribution is -0.00675. The van der Waals surface area contributed by atoms with Crippen LogP contribution < -0.4 is 0 Å². The van der Waals surface area contributed by atoms with Crippen LogP contribution in [0.15, 0.2) is 54.6 Å². The predicted molar refractivity (Wildman–Crippen MR) is 105 cm³/mol. The highest BCUT2D eigenvalue weighted by Crippen LogP contribution is 2.40. The molecule has 0 spiro atoms. The molecule has 2 atom stereocenters. The van der Waals surface area contributed by atoms with E-state index in [1.807, 2.05) is 0 Å². The average Bonchev–Trinajstić information content (AvgIpc) is 3.19. The molecule has 1 heterocycles. The normalized spacial score (nSPS) is 18.8. The van der Waals surface area contributed by atoms with E-state index in [1.165, 1.54) is 24.0 Å². The van der Waals surface area contributed by atoms with Gasteiger partial charge >= 0.3 is 0 Å². The third-order valence-electron chi connectivity index (χ3n) is 5.82. The number of aryl methyl sites for hydroxylation is 1. The van der Waals surface area contributed by atoms with Gasteiger partial charge in [-0.25, -0.2) is 0 Å². The van der Waals surface area contributed by atoms with E-state index < -0.39 is 5.60 Å². The maximum atomic E-state index is 11.8.